The molecule has 156 valence electrons. The highest BCUT2D eigenvalue weighted by Crippen LogP contribution is 2.39. The van der Waals surface area contributed by atoms with Crippen LogP contribution in [-0.4, -0.2) is 62.3 Å². The Kier molecular flexibility index (Phi) is 6.83. The second kappa shape index (κ2) is 8.23. The van der Waals surface area contributed by atoms with Gasteiger partial charge in [0.25, 0.3) is 5.91 Å². The zero-order valence-corrected chi connectivity index (χ0v) is 18.1. The molecule has 0 aromatic heterocycles. The van der Waals surface area contributed by atoms with Gasteiger partial charge in [-0.3, -0.25) is 9.59 Å². The van der Waals surface area contributed by atoms with E-state index in [2.05, 4.69) is 10.6 Å². The summed E-state index contributed by atoms with van der Waals surface area (Å²) in [6, 6.07) is -1.13. The molecule has 0 unspecified atom stereocenters. The minimum Gasteiger partial charge on any atom is -0.343 e. The van der Waals surface area contributed by atoms with Gasteiger partial charge in [0.15, 0.2) is 0 Å². The zero-order chi connectivity index (χ0) is 20.6. The molecule has 2 heterocycles. The van der Waals surface area contributed by atoms with Gasteiger partial charge in [-0.05, 0) is 65.8 Å². The molecule has 0 aromatic rings. The third-order valence-corrected chi connectivity index (χ3v) is 6.20. The van der Waals surface area contributed by atoms with Crippen LogP contribution in [-0.2, 0) is 9.59 Å². The lowest BCUT2D eigenvalue weighted by Gasteiger charge is -2.52. The Bertz CT molecular complexity index is 543. The first-order valence-corrected chi connectivity index (χ1v) is 10.2. The van der Waals surface area contributed by atoms with Gasteiger partial charge in [0.1, 0.15) is 6.04 Å². The standard InChI is InChI=1S/C19H35ClN4O3/c1-12(2)15(22-16(25)14-8-7-9-21-14)17(26)23(20)13-10-18(3,4)24(27)19(5,6)11-13/h12-15,21,27H,7-11H2,1-6H3,(H,22,25)/t14-,15+/m0/s1. The molecule has 2 saturated heterocycles. The molecule has 0 aliphatic carbocycles. The molecule has 0 radical (unpaired) electrons. The third kappa shape index (κ3) is 4.94. The van der Waals surface area contributed by atoms with Crippen LogP contribution in [0.2, 0.25) is 0 Å². The van der Waals surface area contributed by atoms with Crippen molar-refractivity contribution >= 4 is 23.6 Å². The van der Waals surface area contributed by atoms with Crippen molar-refractivity contribution in [3.63, 3.8) is 0 Å². The predicted octanol–water partition coefficient (Wildman–Crippen LogP) is 2.27. The molecule has 8 heteroatoms. The second-order valence-corrected chi connectivity index (χ2v) is 9.89. The van der Waals surface area contributed by atoms with E-state index >= 15 is 0 Å². The van der Waals surface area contributed by atoms with Crippen LogP contribution in [0, 0.1) is 5.92 Å². The van der Waals surface area contributed by atoms with E-state index in [9.17, 15) is 14.8 Å². The first kappa shape index (κ1) is 22.4. The molecule has 0 aromatic carbocycles. The number of hydroxylamine groups is 2. The first-order valence-electron chi connectivity index (χ1n) is 9.88. The topological polar surface area (TPSA) is 84.9 Å². The SMILES string of the molecule is CC(C)[C@@H](NC(=O)[C@@H]1CCCN1)C(=O)N(Cl)C1CC(C)(C)N(O)C(C)(C)C1. The highest BCUT2D eigenvalue weighted by molar-refractivity contribution is 6.22. The van der Waals surface area contributed by atoms with Crippen LogP contribution in [0.3, 0.4) is 0 Å². The molecule has 0 spiro atoms. The van der Waals surface area contributed by atoms with Crippen molar-refractivity contribution in [2.45, 2.75) is 96.4 Å². The molecule has 2 fully saturated rings. The van der Waals surface area contributed by atoms with E-state index in [-0.39, 0.29) is 29.8 Å². The Labute approximate surface area is 167 Å². The quantitative estimate of drug-likeness (QED) is 0.614. The number of nitrogens with zero attached hydrogens (tertiary/aromatic N) is 2. The molecule has 2 rings (SSSR count). The Hall–Kier alpha value is -0.890. The van der Waals surface area contributed by atoms with E-state index < -0.39 is 17.1 Å². The summed E-state index contributed by atoms with van der Waals surface area (Å²) >= 11 is 6.51. The van der Waals surface area contributed by atoms with Gasteiger partial charge < -0.3 is 15.8 Å². The van der Waals surface area contributed by atoms with Crippen molar-refractivity contribution in [2.75, 3.05) is 6.54 Å². The molecule has 27 heavy (non-hydrogen) atoms. The van der Waals surface area contributed by atoms with Crippen LogP contribution < -0.4 is 10.6 Å². The summed E-state index contributed by atoms with van der Waals surface area (Å²) in [5.41, 5.74) is -1.02. The maximum Gasteiger partial charge on any atom is 0.260 e. The van der Waals surface area contributed by atoms with E-state index in [0.717, 1.165) is 19.4 Å². The van der Waals surface area contributed by atoms with Crippen LogP contribution in [0.15, 0.2) is 0 Å². The number of rotatable bonds is 5. The minimum absolute atomic E-state index is 0.0805. The Morgan fingerprint density at radius 3 is 2.22 bits per heavy atom. The maximum absolute atomic E-state index is 13.1. The first-order chi connectivity index (χ1) is 12.4. The number of carbonyl (C=O) groups excluding carboxylic acids is 2. The lowest BCUT2D eigenvalue weighted by atomic mass is 9.79. The Balaban J connectivity index is 2.11. The molecular formula is C19H35ClN4O3. The number of halogens is 1. The van der Waals surface area contributed by atoms with Gasteiger partial charge in [-0.2, -0.15) is 5.06 Å². The monoisotopic (exact) mass is 402 g/mol. The molecule has 2 aliphatic heterocycles. The van der Waals surface area contributed by atoms with E-state index in [0.29, 0.717) is 12.8 Å². The van der Waals surface area contributed by atoms with E-state index in [1.807, 2.05) is 41.5 Å². The number of nitrogens with one attached hydrogen (secondary N) is 2. The Morgan fingerprint density at radius 2 is 1.78 bits per heavy atom. The van der Waals surface area contributed by atoms with Crippen molar-refractivity contribution in [2.24, 2.45) is 5.92 Å². The molecule has 2 amide bonds. The molecule has 2 aliphatic rings. The number of carbonyl (C=O) groups is 2. The normalized spacial score (nSPS) is 26.8. The summed E-state index contributed by atoms with van der Waals surface area (Å²) < 4.78 is 1.25. The van der Waals surface area contributed by atoms with Gasteiger partial charge in [-0.1, -0.05) is 13.8 Å². The average molecular weight is 403 g/mol. The molecule has 3 N–H and O–H groups in total. The zero-order valence-electron chi connectivity index (χ0n) is 17.4. The number of hydrogen-bond donors (Lipinski definition) is 3. The summed E-state index contributed by atoms with van der Waals surface area (Å²) in [7, 11) is 0. The Morgan fingerprint density at radius 1 is 1.22 bits per heavy atom. The van der Waals surface area contributed by atoms with Crippen LogP contribution in [0.25, 0.3) is 0 Å². The second-order valence-electron chi connectivity index (χ2n) is 9.53. The number of hydrogen-bond acceptors (Lipinski definition) is 5. The largest absolute Gasteiger partial charge is 0.343 e. The molecule has 7 nitrogen and oxygen atoms in total. The van der Waals surface area contributed by atoms with Gasteiger partial charge in [0.05, 0.1) is 12.1 Å². The lowest BCUT2D eigenvalue weighted by Crippen LogP contribution is -2.63. The van der Waals surface area contributed by atoms with Crippen LogP contribution in [0.4, 0.5) is 0 Å². The van der Waals surface area contributed by atoms with Gasteiger partial charge >= 0.3 is 0 Å². The van der Waals surface area contributed by atoms with Crippen LogP contribution in [0.5, 0.6) is 0 Å². The molecular weight excluding hydrogens is 368 g/mol. The van der Waals surface area contributed by atoms with Crippen LogP contribution in [0.1, 0.15) is 67.2 Å². The fourth-order valence-corrected chi connectivity index (χ4v) is 4.61. The third-order valence-electron chi connectivity index (χ3n) is 5.76. The van der Waals surface area contributed by atoms with Gasteiger partial charge in [0.2, 0.25) is 5.91 Å². The number of amides is 2. The van der Waals surface area contributed by atoms with Gasteiger partial charge in [0, 0.05) is 22.9 Å². The highest BCUT2D eigenvalue weighted by Gasteiger charge is 2.48. The van der Waals surface area contributed by atoms with Crippen molar-refractivity contribution < 1.29 is 14.8 Å². The van der Waals surface area contributed by atoms with Crippen molar-refractivity contribution in [3.8, 4) is 0 Å². The fourth-order valence-electron chi connectivity index (χ4n) is 4.37. The van der Waals surface area contributed by atoms with Crippen LogP contribution >= 0.6 is 11.8 Å². The maximum atomic E-state index is 13.1. The molecule has 2 atom stereocenters. The summed E-state index contributed by atoms with van der Waals surface area (Å²) in [5, 5.41) is 17.9. The summed E-state index contributed by atoms with van der Waals surface area (Å²) in [4.78, 5) is 25.6. The van der Waals surface area contributed by atoms with Gasteiger partial charge in [-0.15, -0.1) is 0 Å². The van der Waals surface area contributed by atoms with E-state index in [1.54, 1.807) is 0 Å². The summed E-state index contributed by atoms with van der Waals surface area (Å²) in [6.07, 6.45) is 2.84. The minimum atomic E-state index is -0.671. The van der Waals surface area contributed by atoms with Gasteiger partial charge in [-0.25, -0.2) is 4.42 Å². The highest BCUT2D eigenvalue weighted by atomic mass is 35.5. The predicted molar refractivity (Wildman–Crippen MR) is 105 cm³/mol. The van der Waals surface area contributed by atoms with Crippen molar-refractivity contribution in [1.82, 2.24) is 20.1 Å². The van der Waals surface area contributed by atoms with E-state index in [1.165, 1.54) is 9.48 Å². The fraction of sp³-hybridized carbons (Fsp3) is 0.895. The van der Waals surface area contributed by atoms with E-state index in [4.69, 9.17) is 11.8 Å². The smallest absolute Gasteiger partial charge is 0.260 e. The average Bonchev–Trinajstić information content (AvgIpc) is 3.09. The molecule has 0 bridgehead atoms. The molecule has 0 saturated carbocycles. The summed E-state index contributed by atoms with van der Waals surface area (Å²) in [6.45, 7) is 12.4. The number of piperidine rings is 1. The summed E-state index contributed by atoms with van der Waals surface area (Å²) in [5.74, 6) is -0.514. The van der Waals surface area contributed by atoms with Crippen molar-refractivity contribution in [3.05, 3.63) is 0 Å². The van der Waals surface area contributed by atoms with Crippen molar-refractivity contribution in [1.29, 1.82) is 0 Å². The lowest BCUT2D eigenvalue weighted by molar-refractivity contribution is -0.249.